The summed E-state index contributed by atoms with van der Waals surface area (Å²) in [5.41, 5.74) is 6.40. The summed E-state index contributed by atoms with van der Waals surface area (Å²) in [7, 11) is 1.99. The number of ether oxygens (including phenoxy) is 1. The molecule has 1 N–H and O–H groups in total. The lowest BCUT2D eigenvalue weighted by Gasteiger charge is -2.19. The van der Waals surface area contributed by atoms with E-state index in [1.807, 2.05) is 86.1 Å². The van der Waals surface area contributed by atoms with Crippen LogP contribution in [0.2, 0.25) is 0 Å². The molecule has 0 unspecified atom stereocenters. The van der Waals surface area contributed by atoms with Gasteiger partial charge in [0.25, 0.3) is 0 Å². The fourth-order valence-corrected chi connectivity index (χ4v) is 4.22. The molecule has 0 amide bonds. The monoisotopic (exact) mass is 423 g/mol. The summed E-state index contributed by atoms with van der Waals surface area (Å²) >= 11 is 0. The minimum Gasteiger partial charge on any atom is -0.485 e. The first kappa shape index (κ1) is 20.2. The van der Waals surface area contributed by atoms with Crippen LogP contribution in [0.5, 0.6) is 5.75 Å². The molecule has 2 aromatic heterocycles. The zero-order valence-corrected chi connectivity index (χ0v) is 18.4. The average Bonchev–Trinajstić information content (AvgIpc) is 3.17. The molecule has 0 spiro atoms. The molecule has 5 aromatic rings. The van der Waals surface area contributed by atoms with Gasteiger partial charge in [0, 0.05) is 12.4 Å². The largest absolute Gasteiger partial charge is 0.485 e. The highest BCUT2D eigenvalue weighted by molar-refractivity contribution is 5.93. The van der Waals surface area contributed by atoms with Crippen LogP contribution in [0.3, 0.4) is 0 Å². The molecular weight excluding hydrogens is 398 g/mol. The number of benzene rings is 3. The summed E-state index contributed by atoms with van der Waals surface area (Å²) in [6.07, 6.45) is -0.131. The lowest BCUT2D eigenvalue weighted by atomic mass is 10.0. The summed E-state index contributed by atoms with van der Waals surface area (Å²) in [6, 6.07) is 24.0. The van der Waals surface area contributed by atoms with Crippen molar-refractivity contribution in [2.75, 3.05) is 0 Å². The maximum Gasteiger partial charge on any atom is 0.159 e. The molecule has 160 valence electrons. The highest BCUT2D eigenvalue weighted by atomic mass is 16.5. The molecular formula is C27H25N3O2. The van der Waals surface area contributed by atoms with Gasteiger partial charge in [-0.2, -0.15) is 0 Å². The first-order valence-electron chi connectivity index (χ1n) is 10.7. The number of hydrogen-bond acceptors (Lipinski definition) is 4. The van der Waals surface area contributed by atoms with Crippen LogP contribution in [0.15, 0.2) is 72.8 Å². The molecule has 0 radical (unpaired) electrons. The van der Waals surface area contributed by atoms with Gasteiger partial charge >= 0.3 is 0 Å². The Balaban J connectivity index is 1.66. The summed E-state index contributed by atoms with van der Waals surface area (Å²) in [4.78, 5) is 9.77. The molecule has 0 aliphatic rings. The van der Waals surface area contributed by atoms with Crippen LogP contribution in [0.25, 0.3) is 33.5 Å². The van der Waals surface area contributed by atoms with E-state index in [-0.39, 0.29) is 12.7 Å². The number of hydrogen-bond donors (Lipinski definition) is 1. The second-order valence-corrected chi connectivity index (χ2v) is 8.08. The molecule has 32 heavy (non-hydrogen) atoms. The number of rotatable bonds is 5. The number of aryl methyl sites for hydroxylation is 2. The number of fused-ring (bicyclic) bond motifs is 2. The quantitative estimate of drug-likeness (QED) is 0.392. The standard InChI is InChI=1S/C27H25N3O2/c1-17-13-14-24(32-18(2)19-9-5-4-6-10-19)25-20(16-31)15-22(28-26(17)25)27-29-21-11-7-8-12-23(21)30(27)3/h4-15,18,31H,16H2,1-3H3/t18-/m1/s1. The molecule has 0 fully saturated rings. The van der Waals surface area contributed by atoms with E-state index in [1.165, 1.54) is 0 Å². The van der Waals surface area contributed by atoms with Gasteiger partial charge in [-0.15, -0.1) is 0 Å². The Morgan fingerprint density at radius 1 is 0.969 bits per heavy atom. The van der Waals surface area contributed by atoms with Crippen LogP contribution < -0.4 is 4.74 Å². The normalized spacial score (nSPS) is 12.4. The first-order chi connectivity index (χ1) is 15.6. The fraction of sp³-hybridized carbons (Fsp3) is 0.185. The van der Waals surface area contributed by atoms with Crippen molar-refractivity contribution < 1.29 is 9.84 Å². The second-order valence-electron chi connectivity index (χ2n) is 8.08. The van der Waals surface area contributed by atoms with Crippen LogP contribution in [0, 0.1) is 6.92 Å². The average molecular weight is 424 g/mol. The third-order valence-electron chi connectivity index (χ3n) is 5.97. The summed E-state index contributed by atoms with van der Waals surface area (Å²) in [6.45, 7) is 3.94. The Labute approximate surface area is 186 Å². The maximum atomic E-state index is 10.3. The van der Waals surface area contributed by atoms with Crippen LogP contribution in [-0.2, 0) is 13.7 Å². The van der Waals surface area contributed by atoms with Crippen molar-refractivity contribution in [2.45, 2.75) is 26.6 Å². The predicted molar refractivity (Wildman–Crippen MR) is 128 cm³/mol. The van der Waals surface area contributed by atoms with Crippen molar-refractivity contribution >= 4 is 21.9 Å². The smallest absolute Gasteiger partial charge is 0.159 e. The lowest BCUT2D eigenvalue weighted by molar-refractivity contribution is 0.229. The molecule has 5 heteroatoms. The number of aliphatic hydroxyl groups is 1. The van der Waals surface area contributed by atoms with Gasteiger partial charge in [-0.1, -0.05) is 48.5 Å². The van der Waals surface area contributed by atoms with Gasteiger partial charge in [0.1, 0.15) is 17.5 Å². The Hall–Kier alpha value is -3.70. The van der Waals surface area contributed by atoms with E-state index in [2.05, 4.69) is 12.1 Å². The third kappa shape index (κ3) is 3.41. The number of para-hydroxylation sites is 2. The van der Waals surface area contributed by atoms with Crippen molar-refractivity contribution in [1.82, 2.24) is 14.5 Å². The second kappa shape index (κ2) is 8.09. The number of aromatic nitrogens is 3. The van der Waals surface area contributed by atoms with Crippen molar-refractivity contribution in [3.05, 3.63) is 89.5 Å². The van der Waals surface area contributed by atoms with E-state index in [4.69, 9.17) is 14.7 Å². The van der Waals surface area contributed by atoms with E-state index in [9.17, 15) is 5.11 Å². The predicted octanol–water partition coefficient (Wildman–Crippen LogP) is 5.73. The third-order valence-corrected chi connectivity index (χ3v) is 5.97. The molecule has 0 aliphatic heterocycles. The molecule has 3 aromatic carbocycles. The van der Waals surface area contributed by atoms with E-state index in [1.54, 1.807) is 0 Å². The highest BCUT2D eigenvalue weighted by Crippen LogP contribution is 2.36. The van der Waals surface area contributed by atoms with Crippen LogP contribution in [0.1, 0.15) is 29.7 Å². The molecule has 2 heterocycles. The van der Waals surface area contributed by atoms with Crippen LogP contribution in [0.4, 0.5) is 0 Å². The van der Waals surface area contributed by atoms with Crippen LogP contribution >= 0.6 is 0 Å². The number of imidazole rings is 1. The van der Waals surface area contributed by atoms with E-state index in [0.717, 1.165) is 55.9 Å². The molecule has 5 nitrogen and oxygen atoms in total. The van der Waals surface area contributed by atoms with Crippen molar-refractivity contribution in [1.29, 1.82) is 0 Å². The van der Waals surface area contributed by atoms with Crippen molar-refractivity contribution in [3.63, 3.8) is 0 Å². The number of nitrogens with zero attached hydrogens (tertiary/aromatic N) is 3. The van der Waals surface area contributed by atoms with Gasteiger partial charge in [-0.3, -0.25) is 0 Å². The van der Waals surface area contributed by atoms with Gasteiger partial charge in [0.15, 0.2) is 5.82 Å². The zero-order chi connectivity index (χ0) is 22.2. The Bertz CT molecular complexity index is 1420. The fourth-order valence-electron chi connectivity index (χ4n) is 4.22. The summed E-state index contributed by atoms with van der Waals surface area (Å²) in [5, 5.41) is 11.1. The van der Waals surface area contributed by atoms with E-state index >= 15 is 0 Å². The minimum atomic E-state index is -0.131. The number of pyridine rings is 1. The first-order valence-corrected chi connectivity index (χ1v) is 10.7. The molecule has 0 saturated carbocycles. The zero-order valence-electron chi connectivity index (χ0n) is 18.4. The minimum absolute atomic E-state index is 0.116. The summed E-state index contributed by atoms with van der Waals surface area (Å²) < 4.78 is 8.40. The maximum absolute atomic E-state index is 10.3. The van der Waals surface area contributed by atoms with Gasteiger partial charge in [-0.25, -0.2) is 9.97 Å². The molecule has 0 bridgehead atoms. The van der Waals surface area contributed by atoms with Crippen LogP contribution in [-0.4, -0.2) is 19.6 Å². The van der Waals surface area contributed by atoms with Gasteiger partial charge in [-0.05, 0) is 54.8 Å². The Morgan fingerprint density at radius 3 is 2.47 bits per heavy atom. The van der Waals surface area contributed by atoms with Crippen molar-refractivity contribution in [2.24, 2.45) is 7.05 Å². The number of aliphatic hydroxyl groups excluding tert-OH is 1. The van der Waals surface area contributed by atoms with Gasteiger partial charge in [0.05, 0.1) is 23.2 Å². The van der Waals surface area contributed by atoms with Gasteiger partial charge < -0.3 is 14.4 Å². The highest BCUT2D eigenvalue weighted by Gasteiger charge is 2.18. The van der Waals surface area contributed by atoms with E-state index in [0.29, 0.717) is 0 Å². The molecule has 0 aliphatic carbocycles. The van der Waals surface area contributed by atoms with E-state index < -0.39 is 0 Å². The molecule has 1 atom stereocenters. The molecule has 0 saturated heterocycles. The lowest BCUT2D eigenvalue weighted by Crippen LogP contribution is -2.05. The SMILES string of the molecule is Cc1ccc(O[C@H](C)c2ccccc2)c2c(CO)cc(-c3nc4ccccc4n3C)nc12. The van der Waals surface area contributed by atoms with Gasteiger partial charge in [0.2, 0.25) is 0 Å². The molecule has 5 rings (SSSR count). The summed E-state index contributed by atoms with van der Waals surface area (Å²) in [5.74, 6) is 1.49. The Kier molecular flexibility index (Phi) is 5.11. The Morgan fingerprint density at radius 2 is 1.72 bits per heavy atom. The van der Waals surface area contributed by atoms with Crippen molar-refractivity contribution in [3.8, 4) is 17.3 Å². The topological polar surface area (TPSA) is 60.2 Å².